The van der Waals surface area contributed by atoms with Crippen molar-refractivity contribution in [2.24, 2.45) is 4.99 Å². The number of hydrogen-bond donors (Lipinski definition) is 1. The second-order valence-electron chi connectivity index (χ2n) is 10.9. The fraction of sp³-hybridized carbons (Fsp3) is 0.273. The van der Waals surface area contributed by atoms with Crippen LogP contribution in [0.5, 0.6) is 5.75 Å². The number of halogens is 3. The molecule has 5 aromatic rings. The van der Waals surface area contributed by atoms with E-state index in [2.05, 4.69) is 68.7 Å². The van der Waals surface area contributed by atoms with Crippen molar-refractivity contribution < 1.29 is 22.7 Å². The van der Waals surface area contributed by atoms with Gasteiger partial charge in [-0.2, -0.15) is 4.99 Å². The van der Waals surface area contributed by atoms with Gasteiger partial charge in [-0.25, -0.2) is 14.5 Å². The Labute approximate surface area is 262 Å². The molecule has 12 heteroatoms. The largest absolute Gasteiger partial charge is 0.573 e. The van der Waals surface area contributed by atoms with Gasteiger partial charge in [0, 0.05) is 23.2 Å². The first-order valence-electron chi connectivity index (χ1n) is 14.4. The number of nitrogens with zero attached hydrogens (tertiary/aromatic N) is 5. The summed E-state index contributed by atoms with van der Waals surface area (Å²) < 4.78 is 44.7. The third-order valence-corrected chi connectivity index (χ3v) is 8.03. The molecule has 0 radical (unpaired) electrons. The number of carbonyl (C=O) groups is 1. The SMILES string of the molecule is Cc1ccc(C(C)C)c(-n2c(C)cs/c2=N\C(=O)NCCCc2ccc(-c3ncn(-c4ccc(OC(F)(F)F)cc4)n3)cc2)c1. The molecule has 234 valence electrons. The van der Waals surface area contributed by atoms with Crippen molar-refractivity contribution in [1.29, 1.82) is 0 Å². The lowest BCUT2D eigenvalue weighted by Gasteiger charge is -2.16. The molecule has 0 unspecified atom stereocenters. The number of hydrogen-bond acceptors (Lipinski definition) is 5. The summed E-state index contributed by atoms with van der Waals surface area (Å²) in [6.07, 6.45) is -1.75. The molecule has 0 aliphatic rings. The van der Waals surface area contributed by atoms with E-state index in [4.69, 9.17) is 0 Å². The van der Waals surface area contributed by atoms with Crippen molar-refractivity contribution in [1.82, 2.24) is 24.6 Å². The van der Waals surface area contributed by atoms with Crippen LogP contribution in [0.25, 0.3) is 22.8 Å². The van der Waals surface area contributed by atoms with Gasteiger partial charge in [0.25, 0.3) is 0 Å². The van der Waals surface area contributed by atoms with E-state index in [1.165, 1.54) is 52.2 Å². The monoisotopic (exact) mass is 634 g/mol. The van der Waals surface area contributed by atoms with E-state index < -0.39 is 6.36 Å². The van der Waals surface area contributed by atoms with Crippen molar-refractivity contribution >= 4 is 17.4 Å². The number of aromatic nitrogens is 4. The maximum absolute atomic E-state index is 12.7. The number of alkyl halides is 3. The van der Waals surface area contributed by atoms with Crippen LogP contribution in [0.4, 0.5) is 18.0 Å². The normalized spacial score (nSPS) is 12.1. The number of rotatable bonds is 9. The molecule has 2 heterocycles. The minimum Gasteiger partial charge on any atom is -0.406 e. The molecular weight excluding hydrogens is 601 g/mol. The highest BCUT2D eigenvalue weighted by atomic mass is 32.1. The summed E-state index contributed by atoms with van der Waals surface area (Å²) in [5.74, 6) is 0.506. The highest BCUT2D eigenvalue weighted by Crippen LogP contribution is 2.26. The van der Waals surface area contributed by atoms with Crippen molar-refractivity contribution in [3.63, 3.8) is 0 Å². The van der Waals surface area contributed by atoms with Crippen molar-refractivity contribution in [2.45, 2.75) is 52.8 Å². The van der Waals surface area contributed by atoms with Gasteiger partial charge in [-0.3, -0.25) is 4.57 Å². The summed E-state index contributed by atoms with van der Waals surface area (Å²) in [5.41, 5.74) is 6.87. The molecular formula is C33H33F3N6O2S. The van der Waals surface area contributed by atoms with Gasteiger partial charge in [0.05, 0.1) is 11.4 Å². The molecule has 0 spiro atoms. The Bertz CT molecular complexity index is 1840. The van der Waals surface area contributed by atoms with Gasteiger partial charge in [-0.15, -0.1) is 29.6 Å². The second-order valence-corrected chi connectivity index (χ2v) is 11.7. The van der Waals surface area contributed by atoms with Crippen molar-refractivity contribution in [3.05, 3.63) is 106 Å². The first kappa shape index (κ1) is 31.7. The van der Waals surface area contributed by atoms with Crippen LogP contribution in [0.2, 0.25) is 0 Å². The number of aryl methyl sites for hydroxylation is 3. The number of ether oxygens (including phenoxy) is 1. The molecule has 0 atom stereocenters. The zero-order valence-corrected chi connectivity index (χ0v) is 26.1. The van der Waals surface area contributed by atoms with Gasteiger partial charge in [-0.05, 0) is 79.6 Å². The molecule has 0 bridgehead atoms. The van der Waals surface area contributed by atoms with Crippen LogP contribution in [0.3, 0.4) is 0 Å². The first-order valence-corrected chi connectivity index (χ1v) is 15.3. The summed E-state index contributed by atoms with van der Waals surface area (Å²) in [6.45, 7) is 8.87. The standard InChI is InChI=1S/C33H33F3N6O2S/c1-21(2)28-16-7-22(3)18-29(28)42-23(4)19-45-32(42)39-31(43)37-17-5-6-24-8-10-25(11-9-24)30-38-20-41(40-30)26-12-14-27(15-13-26)44-33(34,35)36/h7-16,18-21H,5-6,17H2,1-4H3,(H,37,43)/b39-32-. The van der Waals surface area contributed by atoms with E-state index in [0.717, 1.165) is 40.9 Å². The fourth-order valence-corrected chi connectivity index (χ4v) is 5.72. The van der Waals surface area contributed by atoms with Crippen LogP contribution in [-0.4, -0.2) is 38.3 Å². The maximum atomic E-state index is 12.7. The molecule has 8 nitrogen and oxygen atoms in total. The smallest absolute Gasteiger partial charge is 0.406 e. The summed E-state index contributed by atoms with van der Waals surface area (Å²) in [7, 11) is 0. The van der Waals surface area contributed by atoms with Crippen molar-refractivity contribution in [3.8, 4) is 28.5 Å². The number of thiazole rings is 1. The van der Waals surface area contributed by atoms with Crippen LogP contribution in [0, 0.1) is 13.8 Å². The fourth-order valence-electron chi connectivity index (χ4n) is 4.85. The summed E-state index contributed by atoms with van der Waals surface area (Å²) in [6, 6.07) is 19.2. The molecule has 2 amide bonds. The van der Waals surface area contributed by atoms with E-state index in [1.807, 2.05) is 36.6 Å². The third kappa shape index (κ3) is 8.07. The zero-order chi connectivity index (χ0) is 32.1. The molecule has 5 rings (SSSR count). The molecule has 3 aromatic carbocycles. The van der Waals surface area contributed by atoms with E-state index in [0.29, 0.717) is 28.8 Å². The van der Waals surface area contributed by atoms with E-state index in [1.54, 1.807) is 0 Å². The van der Waals surface area contributed by atoms with Crippen molar-refractivity contribution in [2.75, 3.05) is 6.54 Å². The molecule has 0 saturated heterocycles. The quantitative estimate of drug-likeness (QED) is 0.169. The Balaban J connectivity index is 1.16. The highest BCUT2D eigenvalue weighted by molar-refractivity contribution is 7.07. The Morgan fingerprint density at radius 2 is 1.78 bits per heavy atom. The van der Waals surface area contributed by atoms with Crippen LogP contribution < -0.4 is 14.9 Å². The lowest BCUT2D eigenvalue weighted by Crippen LogP contribution is -2.26. The Hall–Kier alpha value is -4.71. The molecule has 0 saturated carbocycles. The average Bonchev–Trinajstić information content (AvgIpc) is 3.62. The topological polar surface area (TPSA) is 86.3 Å². The molecule has 45 heavy (non-hydrogen) atoms. The lowest BCUT2D eigenvalue weighted by molar-refractivity contribution is -0.274. The van der Waals surface area contributed by atoms with Gasteiger partial charge in [0.2, 0.25) is 0 Å². The van der Waals surface area contributed by atoms with Gasteiger partial charge >= 0.3 is 12.4 Å². The third-order valence-electron chi connectivity index (χ3n) is 7.08. The van der Waals surface area contributed by atoms with E-state index >= 15 is 0 Å². The Morgan fingerprint density at radius 1 is 1.04 bits per heavy atom. The van der Waals surface area contributed by atoms with Gasteiger partial charge in [0.1, 0.15) is 12.1 Å². The molecule has 0 fully saturated rings. The molecule has 0 aliphatic carbocycles. The highest BCUT2D eigenvalue weighted by Gasteiger charge is 2.31. The number of carbonyl (C=O) groups excluding carboxylic acids is 1. The van der Waals surface area contributed by atoms with Crippen LogP contribution >= 0.6 is 11.3 Å². The number of urea groups is 1. The average molecular weight is 635 g/mol. The lowest BCUT2D eigenvalue weighted by atomic mass is 9.99. The van der Waals surface area contributed by atoms with Crippen LogP contribution in [0.1, 0.15) is 48.6 Å². The molecule has 0 aliphatic heterocycles. The minimum atomic E-state index is -4.74. The summed E-state index contributed by atoms with van der Waals surface area (Å²) >= 11 is 1.44. The minimum absolute atomic E-state index is 0.305. The zero-order valence-electron chi connectivity index (χ0n) is 25.3. The predicted molar refractivity (Wildman–Crippen MR) is 168 cm³/mol. The maximum Gasteiger partial charge on any atom is 0.573 e. The van der Waals surface area contributed by atoms with E-state index in [9.17, 15) is 18.0 Å². The van der Waals surface area contributed by atoms with Gasteiger partial charge in [0.15, 0.2) is 10.6 Å². The molecule has 2 aromatic heterocycles. The predicted octanol–water partition coefficient (Wildman–Crippen LogP) is 7.67. The van der Waals surface area contributed by atoms with Crippen LogP contribution in [-0.2, 0) is 6.42 Å². The number of benzene rings is 3. The summed E-state index contributed by atoms with van der Waals surface area (Å²) in [4.78, 5) is 22.1. The first-order chi connectivity index (χ1) is 21.5. The molecule has 1 N–H and O–H groups in total. The number of amides is 2. The van der Waals surface area contributed by atoms with Gasteiger partial charge < -0.3 is 10.1 Å². The number of nitrogens with one attached hydrogen (secondary N) is 1. The Morgan fingerprint density at radius 3 is 2.47 bits per heavy atom. The Kier molecular flexibility index (Phi) is 9.52. The van der Waals surface area contributed by atoms with E-state index in [-0.39, 0.29) is 11.8 Å². The van der Waals surface area contributed by atoms with Crippen LogP contribution in [0.15, 0.2) is 83.4 Å². The summed E-state index contributed by atoms with van der Waals surface area (Å²) in [5, 5.41) is 9.36. The van der Waals surface area contributed by atoms with Gasteiger partial charge in [-0.1, -0.05) is 50.2 Å². The second kappa shape index (κ2) is 13.5.